The predicted molar refractivity (Wildman–Crippen MR) is 101 cm³/mol. The van der Waals surface area contributed by atoms with Crippen LogP contribution >= 0.6 is 0 Å². The molecular weight excluding hydrogens is 314 g/mol. The van der Waals surface area contributed by atoms with Crippen LogP contribution in [-0.2, 0) is 20.5 Å². The van der Waals surface area contributed by atoms with Crippen molar-refractivity contribution in [2.75, 3.05) is 6.61 Å². The number of nitrogens with zero attached hydrogens (tertiary/aromatic N) is 1. The second-order valence-electron chi connectivity index (χ2n) is 9.13. The topological polar surface area (TPSA) is 49.8 Å². The standard InChI is InChI=1S/C21H31NO3/c1-13(2)22-19(24)15(12-25-22)9-14-10-16(20(3,4)5)18(23)17(11-14)21(6,7)8/h9-11,13,23H,12H2,1-8H3. The van der Waals surface area contributed by atoms with Crippen LogP contribution in [-0.4, -0.2) is 28.7 Å². The summed E-state index contributed by atoms with van der Waals surface area (Å²) in [5, 5.41) is 12.2. The molecule has 1 aliphatic rings. The average Bonchev–Trinajstić information content (AvgIpc) is 2.79. The van der Waals surface area contributed by atoms with E-state index in [9.17, 15) is 9.90 Å². The van der Waals surface area contributed by atoms with Gasteiger partial charge in [0.05, 0.1) is 6.04 Å². The number of hydroxylamine groups is 2. The maximum Gasteiger partial charge on any atom is 0.276 e. The molecule has 0 saturated carbocycles. The maximum atomic E-state index is 12.5. The van der Waals surface area contributed by atoms with Crippen molar-refractivity contribution in [3.05, 3.63) is 34.4 Å². The molecule has 4 nitrogen and oxygen atoms in total. The highest BCUT2D eigenvalue weighted by atomic mass is 16.7. The summed E-state index contributed by atoms with van der Waals surface area (Å²) in [5.41, 5.74) is 2.94. The second-order valence-corrected chi connectivity index (χ2v) is 9.13. The summed E-state index contributed by atoms with van der Waals surface area (Å²) >= 11 is 0. The molecule has 0 aliphatic carbocycles. The normalized spacial score (nSPS) is 17.9. The van der Waals surface area contributed by atoms with Crippen molar-refractivity contribution in [1.82, 2.24) is 5.06 Å². The molecule has 0 unspecified atom stereocenters. The average molecular weight is 345 g/mol. The van der Waals surface area contributed by atoms with Gasteiger partial charge in [0.2, 0.25) is 0 Å². The van der Waals surface area contributed by atoms with Crippen LogP contribution in [0.2, 0.25) is 0 Å². The van der Waals surface area contributed by atoms with E-state index < -0.39 is 0 Å². The highest BCUT2D eigenvalue weighted by molar-refractivity contribution is 5.99. The first kappa shape index (κ1) is 19.5. The van der Waals surface area contributed by atoms with E-state index in [2.05, 4.69) is 41.5 Å². The van der Waals surface area contributed by atoms with Crippen molar-refractivity contribution >= 4 is 12.0 Å². The second kappa shape index (κ2) is 6.49. The van der Waals surface area contributed by atoms with E-state index in [1.165, 1.54) is 5.06 Å². The van der Waals surface area contributed by atoms with Gasteiger partial charge >= 0.3 is 0 Å². The first-order valence-electron chi connectivity index (χ1n) is 8.87. The summed E-state index contributed by atoms with van der Waals surface area (Å²) < 4.78 is 0. The van der Waals surface area contributed by atoms with Gasteiger partial charge in [0.15, 0.2) is 0 Å². The number of carbonyl (C=O) groups excluding carboxylic acids is 1. The van der Waals surface area contributed by atoms with E-state index in [1.807, 2.05) is 32.1 Å². The third-order valence-electron chi connectivity index (χ3n) is 4.39. The lowest BCUT2D eigenvalue weighted by molar-refractivity contribution is -0.170. The molecule has 1 aromatic carbocycles. The van der Waals surface area contributed by atoms with Crippen molar-refractivity contribution < 1.29 is 14.7 Å². The molecule has 1 amide bonds. The molecule has 1 N–H and O–H groups in total. The summed E-state index contributed by atoms with van der Waals surface area (Å²) in [6.45, 7) is 16.6. The summed E-state index contributed by atoms with van der Waals surface area (Å²) in [6.07, 6.45) is 1.88. The fourth-order valence-electron chi connectivity index (χ4n) is 2.97. The van der Waals surface area contributed by atoms with Crippen LogP contribution in [0, 0.1) is 0 Å². The number of hydrogen-bond donors (Lipinski definition) is 1. The lowest BCUT2D eigenvalue weighted by Crippen LogP contribution is -2.30. The maximum absolute atomic E-state index is 12.5. The molecule has 0 bridgehead atoms. The van der Waals surface area contributed by atoms with E-state index in [1.54, 1.807) is 0 Å². The van der Waals surface area contributed by atoms with Crippen LogP contribution in [0.5, 0.6) is 5.75 Å². The third kappa shape index (κ3) is 4.06. The van der Waals surface area contributed by atoms with Gasteiger partial charge in [-0.05, 0) is 48.4 Å². The van der Waals surface area contributed by atoms with Crippen molar-refractivity contribution in [2.24, 2.45) is 0 Å². The fourth-order valence-corrected chi connectivity index (χ4v) is 2.97. The molecule has 25 heavy (non-hydrogen) atoms. The number of amides is 1. The van der Waals surface area contributed by atoms with Gasteiger partial charge in [-0.25, -0.2) is 5.06 Å². The van der Waals surface area contributed by atoms with Gasteiger partial charge in [-0.3, -0.25) is 9.63 Å². The molecule has 0 atom stereocenters. The highest BCUT2D eigenvalue weighted by Gasteiger charge is 2.30. The zero-order chi connectivity index (χ0) is 19.2. The first-order valence-corrected chi connectivity index (χ1v) is 8.87. The lowest BCUT2D eigenvalue weighted by Gasteiger charge is -2.28. The molecule has 1 saturated heterocycles. The summed E-state index contributed by atoms with van der Waals surface area (Å²) in [4.78, 5) is 18.0. The van der Waals surface area contributed by atoms with Gasteiger partial charge in [0.25, 0.3) is 5.91 Å². The smallest absolute Gasteiger partial charge is 0.276 e. The Labute approximate surface area is 151 Å². The molecule has 1 aliphatic heterocycles. The van der Waals surface area contributed by atoms with Gasteiger partial charge in [-0.2, -0.15) is 0 Å². The molecule has 138 valence electrons. The number of hydrogen-bond acceptors (Lipinski definition) is 3. The molecule has 4 heteroatoms. The number of carbonyl (C=O) groups is 1. The van der Waals surface area contributed by atoms with Crippen molar-refractivity contribution in [1.29, 1.82) is 0 Å². The molecule has 2 rings (SSSR count). The van der Waals surface area contributed by atoms with Gasteiger partial charge in [0, 0.05) is 16.7 Å². The van der Waals surface area contributed by atoms with Crippen LogP contribution in [0.3, 0.4) is 0 Å². The summed E-state index contributed by atoms with van der Waals surface area (Å²) in [5.74, 6) is 0.262. The largest absolute Gasteiger partial charge is 0.507 e. The summed E-state index contributed by atoms with van der Waals surface area (Å²) in [6, 6.07) is 3.96. The van der Waals surface area contributed by atoms with Crippen LogP contribution in [0.15, 0.2) is 17.7 Å². The van der Waals surface area contributed by atoms with Crippen LogP contribution in [0.25, 0.3) is 6.08 Å². The zero-order valence-corrected chi connectivity index (χ0v) is 16.7. The first-order chi connectivity index (χ1) is 11.3. The Balaban J connectivity index is 2.56. The third-order valence-corrected chi connectivity index (χ3v) is 4.39. The minimum atomic E-state index is -0.196. The quantitative estimate of drug-likeness (QED) is 0.800. The number of aromatic hydroxyl groups is 1. The Morgan fingerprint density at radius 2 is 1.56 bits per heavy atom. The highest BCUT2D eigenvalue weighted by Crippen LogP contribution is 2.40. The Morgan fingerprint density at radius 3 is 1.92 bits per heavy atom. The lowest BCUT2D eigenvalue weighted by atomic mass is 9.78. The van der Waals surface area contributed by atoms with Crippen LogP contribution in [0.1, 0.15) is 72.1 Å². The molecule has 1 aromatic rings. The Kier molecular flexibility index (Phi) is 5.06. The Morgan fingerprint density at radius 1 is 1.08 bits per heavy atom. The van der Waals surface area contributed by atoms with Crippen molar-refractivity contribution in [3.8, 4) is 5.75 Å². The van der Waals surface area contributed by atoms with Crippen LogP contribution in [0.4, 0.5) is 0 Å². The van der Waals surface area contributed by atoms with Crippen molar-refractivity contribution in [3.63, 3.8) is 0 Å². The minimum absolute atomic E-state index is 0.00786. The Bertz CT molecular complexity index is 668. The van der Waals surface area contributed by atoms with Gasteiger partial charge in [0.1, 0.15) is 12.4 Å². The van der Waals surface area contributed by atoms with Gasteiger partial charge < -0.3 is 5.11 Å². The van der Waals surface area contributed by atoms with E-state index in [0.717, 1.165) is 16.7 Å². The number of phenols is 1. The monoisotopic (exact) mass is 345 g/mol. The fraction of sp³-hybridized carbons (Fsp3) is 0.571. The number of rotatable bonds is 2. The van der Waals surface area contributed by atoms with Gasteiger partial charge in [-0.1, -0.05) is 41.5 Å². The van der Waals surface area contributed by atoms with Gasteiger partial charge in [-0.15, -0.1) is 0 Å². The Hall–Kier alpha value is -1.81. The molecule has 0 spiro atoms. The van der Waals surface area contributed by atoms with E-state index in [4.69, 9.17) is 4.84 Å². The minimum Gasteiger partial charge on any atom is -0.507 e. The molecule has 0 aromatic heterocycles. The SMILES string of the molecule is CC(C)N1OCC(=Cc2cc(C(C)(C)C)c(O)c(C(C)(C)C)c2)C1=O. The number of phenolic OH excluding ortho intramolecular Hbond substituents is 1. The number of benzene rings is 1. The predicted octanol–water partition coefficient (Wildman–Crippen LogP) is 4.55. The molecule has 1 heterocycles. The molecule has 1 fully saturated rings. The molecular formula is C21H31NO3. The van der Waals surface area contributed by atoms with Crippen molar-refractivity contribution in [2.45, 2.75) is 72.3 Å². The van der Waals surface area contributed by atoms with Crippen LogP contribution < -0.4 is 0 Å². The van der Waals surface area contributed by atoms with E-state index >= 15 is 0 Å². The van der Waals surface area contributed by atoms with E-state index in [0.29, 0.717) is 11.3 Å². The summed E-state index contributed by atoms with van der Waals surface area (Å²) in [7, 11) is 0. The zero-order valence-electron chi connectivity index (χ0n) is 16.7. The van der Waals surface area contributed by atoms with E-state index in [-0.39, 0.29) is 29.4 Å². The molecule has 0 radical (unpaired) electrons.